The number of nitrogen functional groups attached to an aromatic ring is 1. The first-order valence-corrected chi connectivity index (χ1v) is 21.0. The maximum absolute atomic E-state index is 12.9. The van der Waals surface area contributed by atoms with Gasteiger partial charge < -0.3 is 54.3 Å². The van der Waals surface area contributed by atoms with Gasteiger partial charge in [0, 0.05) is 47.8 Å². The Kier molecular flexibility index (Phi) is 24.5. The van der Waals surface area contributed by atoms with Crippen LogP contribution in [-0.4, -0.2) is 168 Å². The maximum atomic E-state index is 12.9. The SMILES string of the molecule is [N-]=[N+]=NCCOCCOCCOCCOCCOCCOCCOCCOCCC(=O)NCCCCn1nc(-c2cccc(C(=O)NC3=NCCS3)c2)c2c(N)ncnc21. The van der Waals surface area contributed by atoms with Crippen LogP contribution in [0.15, 0.2) is 40.7 Å². The van der Waals surface area contributed by atoms with Crippen LogP contribution in [0.4, 0.5) is 5.82 Å². The van der Waals surface area contributed by atoms with Crippen molar-refractivity contribution in [2.75, 3.05) is 137 Å². The summed E-state index contributed by atoms with van der Waals surface area (Å²) in [7, 11) is 0. The van der Waals surface area contributed by atoms with Gasteiger partial charge in [0.1, 0.15) is 17.8 Å². The molecule has 21 nitrogen and oxygen atoms in total. The average molecular weight is 860 g/mol. The van der Waals surface area contributed by atoms with Gasteiger partial charge in [0.2, 0.25) is 5.91 Å². The lowest BCUT2D eigenvalue weighted by Crippen LogP contribution is -2.27. The Morgan fingerprint density at radius 2 is 1.42 bits per heavy atom. The van der Waals surface area contributed by atoms with E-state index in [0.717, 1.165) is 24.2 Å². The van der Waals surface area contributed by atoms with Crippen LogP contribution in [0.1, 0.15) is 29.6 Å². The summed E-state index contributed by atoms with van der Waals surface area (Å²) in [5.41, 5.74) is 16.8. The molecule has 2 amide bonds. The molecule has 0 unspecified atom stereocenters. The number of anilines is 1. The highest BCUT2D eigenvalue weighted by atomic mass is 32.2. The predicted octanol–water partition coefficient (Wildman–Crippen LogP) is 2.64. The average Bonchev–Trinajstić information content (AvgIpc) is 3.92. The molecule has 22 heteroatoms. The van der Waals surface area contributed by atoms with E-state index >= 15 is 0 Å². The van der Waals surface area contributed by atoms with Crippen LogP contribution in [-0.2, 0) is 49.2 Å². The van der Waals surface area contributed by atoms with Crippen molar-refractivity contribution in [2.45, 2.75) is 25.8 Å². The first-order valence-electron chi connectivity index (χ1n) is 20.0. The molecule has 4 rings (SSSR count). The van der Waals surface area contributed by atoms with E-state index in [1.165, 1.54) is 18.1 Å². The van der Waals surface area contributed by atoms with Gasteiger partial charge in [0.05, 0.1) is 118 Å². The van der Waals surface area contributed by atoms with Gasteiger partial charge in [0.15, 0.2) is 10.8 Å². The molecule has 2 aromatic heterocycles. The fraction of sp³-hybridized carbons (Fsp3) is 0.632. The third-order valence-electron chi connectivity index (χ3n) is 8.36. The Balaban J connectivity index is 0.930. The number of unbranched alkanes of at least 4 members (excludes halogenated alkanes) is 1. The molecule has 0 spiro atoms. The topological polar surface area (TPSA) is 263 Å². The zero-order valence-corrected chi connectivity index (χ0v) is 34.8. The second-order valence-corrected chi connectivity index (χ2v) is 13.8. The molecule has 0 atom stereocenters. The summed E-state index contributed by atoms with van der Waals surface area (Å²) in [4.78, 5) is 40.7. The van der Waals surface area contributed by atoms with Crippen molar-refractivity contribution in [3.05, 3.63) is 46.6 Å². The third-order valence-corrected chi connectivity index (χ3v) is 9.25. The Morgan fingerprint density at radius 1 is 0.817 bits per heavy atom. The number of hydrogen-bond acceptors (Lipinski definition) is 17. The van der Waals surface area contributed by atoms with Crippen LogP contribution in [0.3, 0.4) is 0 Å². The molecule has 4 N–H and O–H groups in total. The third kappa shape index (κ3) is 19.3. The number of rotatable bonds is 34. The van der Waals surface area contributed by atoms with Crippen molar-refractivity contribution in [1.82, 2.24) is 30.4 Å². The summed E-state index contributed by atoms with van der Waals surface area (Å²) in [5, 5.41) is 15.2. The molecular formula is C38H57N11O10S. The normalized spacial score (nSPS) is 12.4. The molecule has 1 aliphatic rings. The highest BCUT2D eigenvalue weighted by Gasteiger charge is 2.19. The number of aryl methyl sites for hydroxylation is 1. The molecule has 3 aromatic rings. The van der Waals surface area contributed by atoms with E-state index in [1.54, 1.807) is 22.9 Å². The molecule has 0 saturated heterocycles. The summed E-state index contributed by atoms with van der Waals surface area (Å²) in [6.45, 7) is 9.05. The second-order valence-electron chi connectivity index (χ2n) is 12.8. The number of nitrogens with two attached hydrogens (primary N) is 1. The predicted molar refractivity (Wildman–Crippen MR) is 225 cm³/mol. The number of benzene rings is 1. The van der Waals surface area contributed by atoms with Gasteiger partial charge in [0.25, 0.3) is 5.91 Å². The number of aromatic nitrogens is 4. The number of carbonyl (C=O) groups is 2. The fourth-order valence-electron chi connectivity index (χ4n) is 5.44. The Bertz CT molecular complexity index is 1780. The lowest BCUT2D eigenvalue weighted by molar-refractivity contribution is -0.122. The number of azide groups is 1. The van der Waals surface area contributed by atoms with Gasteiger partial charge in [-0.25, -0.2) is 14.6 Å². The number of thioether (sulfide) groups is 1. The van der Waals surface area contributed by atoms with Crippen LogP contribution in [0.25, 0.3) is 32.7 Å². The quantitative estimate of drug-likeness (QED) is 0.0337. The van der Waals surface area contributed by atoms with E-state index in [-0.39, 0.29) is 18.2 Å². The van der Waals surface area contributed by atoms with E-state index in [2.05, 4.69) is 35.6 Å². The van der Waals surface area contributed by atoms with Crippen molar-refractivity contribution >= 4 is 45.6 Å². The number of carbonyl (C=O) groups excluding carboxylic acids is 2. The van der Waals surface area contributed by atoms with E-state index in [0.29, 0.717) is 165 Å². The summed E-state index contributed by atoms with van der Waals surface area (Å²) in [6, 6.07) is 7.19. The minimum atomic E-state index is -0.239. The molecule has 0 radical (unpaired) electrons. The van der Waals surface area contributed by atoms with E-state index in [1.807, 2.05) is 6.07 Å². The van der Waals surface area contributed by atoms with Crippen molar-refractivity contribution in [3.63, 3.8) is 0 Å². The molecule has 3 heterocycles. The van der Waals surface area contributed by atoms with Crippen molar-refractivity contribution in [1.29, 1.82) is 0 Å². The van der Waals surface area contributed by atoms with Gasteiger partial charge in [-0.15, -0.1) is 0 Å². The fourth-order valence-corrected chi connectivity index (χ4v) is 6.16. The maximum Gasteiger partial charge on any atom is 0.257 e. The highest BCUT2D eigenvalue weighted by molar-refractivity contribution is 8.14. The Morgan fingerprint density at radius 3 is 2.00 bits per heavy atom. The van der Waals surface area contributed by atoms with Crippen LogP contribution in [0.5, 0.6) is 0 Å². The van der Waals surface area contributed by atoms with Gasteiger partial charge in [-0.3, -0.25) is 14.6 Å². The smallest absolute Gasteiger partial charge is 0.257 e. The number of ether oxygens (including phenoxy) is 8. The Hall–Kier alpha value is -4.48. The van der Waals surface area contributed by atoms with Crippen LogP contribution < -0.4 is 16.4 Å². The molecule has 0 bridgehead atoms. The lowest BCUT2D eigenvalue weighted by Gasteiger charge is -2.09. The monoisotopic (exact) mass is 859 g/mol. The van der Waals surface area contributed by atoms with E-state index in [4.69, 9.17) is 54.3 Å². The van der Waals surface area contributed by atoms with Crippen LogP contribution >= 0.6 is 11.8 Å². The molecule has 0 fully saturated rings. The minimum absolute atomic E-state index is 0.0835. The minimum Gasteiger partial charge on any atom is -0.383 e. The molecule has 60 heavy (non-hydrogen) atoms. The highest BCUT2D eigenvalue weighted by Crippen LogP contribution is 2.30. The van der Waals surface area contributed by atoms with Crippen molar-refractivity contribution < 1.29 is 47.5 Å². The lowest BCUT2D eigenvalue weighted by atomic mass is 10.1. The number of fused-ring (bicyclic) bond motifs is 1. The van der Waals surface area contributed by atoms with E-state index < -0.39 is 0 Å². The van der Waals surface area contributed by atoms with Crippen molar-refractivity contribution in [3.8, 4) is 11.3 Å². The molecular weight excluding hydrogens is 803 g/mol. The largest absolute Gasteiger partial charge is 0.383 e. The van der Waals surface area contributed by atoms with Crippen LogP contribution in [0, 0.1) is 0 Å². The zero-order chi connectivity index (χ0) is 42.3. The molecule has 1 aromatic carbocycles. The van der Waals surface area contributed by atoms with Gasteiger partial charge in [-0.05, 0) is 30.5 Å². The standard InChI is InChI=1S/C38H57N11O10S/c39-35-33-34(30-4-3-5-31(28-30)37(51)46-38-42-9-27-60-38)47-49(36(33)44-29-43-35)10-2-1-7-41-32(50)6-11-52-13-15-54-17-19-56-21-23-58-25-26-59-24-22-57-20-18-55-16-14-53-12-8-45-48-40/h3-5,28-29H,1-2,6-27H2,(H,41,50)(H2,39,43,44)(H,42,46,51). The molecule has 1 aliphatic heterocycles. The van der Waals surface area contributed by atoms with Gasteiger partial charge in [-0.2, -0.15) is 5.10 Å². The second kappa shape index (κ2) is 30.5. The van der Waals surface area contributed by atoms with Crippen LogP contribution in [0.2, 0.25) is 0 Å². The zero-order valence-electron chi connectivity index (χ0n) is 34.0. The number of amides is 2. The van der Waals surface area contributed by atoms with Gasteiger partial charge in [-0.1, -0.05) is 29.0 Å². The molecule has 0 saturated carbocycles. The Labute approximate surface area is 353 Å². The number of amidine groups is 1. The summed E-state index contributed by atoms with van der Waals surface area (Å²) in [6.07, 6.45) is 3.13. The molecule has 330 valence electrons. The summed E-state index contributed by atoms with van der Waals surface area (Å²) < 4.78 is 45.3. The first kappa shape index (κ1) is 48.2. The summed E-state index contributed by atoms with van der Waals surface area (Å²) in [5.74, 6) is 0.838. The van der Waals surface area contributed by atoms with E-state index in [9.17, 15) is 9.59 Å². The molecule has 0 aliphatic carbocycles. The summed E-state index contributed by atoms with van der Waals surface area (Å²) >= 11 is 1.52. The number of aliphatic imine (C=N–C) groups is 1. The first-order chi connectivity index (χ1) is 29.6. The van der Waals surface area contributed by atoms with Crippen molar-refractivity contribution in [2.24, 2.45) is 10.1 Å². The number of nitrogens with zero attached hydrogens (tertiary/aromatic N) is 8. The number of nitrogens with one attached hydrogen (secondary N) is 2. The number of hydrogen-bond donors (Lipinski definition) is 3. The van der Waals surface area contributed by atoms with Gasteiger partial charge >= 0.3 is 0 Å².